The topological polar surface area (TPSA) is 94.3 Å². The number of nitrogens with zero attached hydrogens (tertiary/aromatic N) is 5. The molecule has 0 unspecified atom stereocenters. The molecule has 2 heterocycles. The van der Waals surface area contributed by atoms with Gasteiger partial charge in [-0.1, -0.05) is 84.5 Å². The molecule has 0 aliphatic rings. The largest absolute Gasteiger partial charge is 0.412 e. The maximum atomic E-state index is 10.4. The highest BCUT2D eigenvalue weighted by molar-refractivity contribution is 8.00. The molecule has 208 valence electrons. The van der Waals surface area contributed by atoms with Crippen LogP contribution < -0.4 is 5.43 Å². The predicted molar refractivity (Wildman–Crippen MR) is 154 cm³/mol. The van der Waals surface area contributed by atoms with Crippen LogP contribution in [0.5, 0.6) is 0 Å². The molecule has 0 saturated carbocycles. The van der Waals surface area contributed by atoms with Gasteiger partial charge in [-0.3, -0.25) is 4.79 Å². The lowest BCUT2D eigenvalue weighted by Crippen LogP contribution is -2.09. The molecule has 2 rings (SSSR count). The molecule has 8 nitrogen and oxygen atoms in total. The molecule has 0 atom stereocenters. The van der Waals surface area contributed by atoms with E-state index in [4.69, 9.17) is 16.3 Å². The Morgan fingerprint density at radius 2 is 1.54 bits per heavy atom. The lowest BCUT2D eigenvalue weighted by molar-refractivity contribution is -0.121. The number of nitrogens with one attached hydrogen (secondary N) is 1. The molecule has 2 aromatic heterocycles. The minimum atomic E-state index is 0.271. The molecular formula is C27H45ClN6O2S. The second-order valence-corrected chi connectivity index (χ2v) is 11.6. The highest BCUT2D eigenvalue weighted by Gasteiger charge is 2.17. The third-order valence-corrected chi connectivity index (χ3v) is 7.42. The number of hydrazone groups is 1. The van der Waals surface area contributed by atoms with E-state index in [9.17, 15) is 4.79 Å². The predicted octanol–water partition coefficient (Wildman–Crippen LogP) is 7.46. The summed E-state index contributed by atoms with van der Waals surface area (Å²) in [6.45, 7) is 7.76. The molecule has 0 aliphatic heterocycles. The molecule has 37 heavy (non-hydrogen) atoms. The Balaban J connectivity index is 1.52. The number of hydrogen-bond donors (Lipinski definition) is 1. The fraction of sp³-hybridized carbons (Fsp3) is 0.741. The number of aromatic nitrogens is 4. The third kappa shape index (κ3) is 12.0. The van der Waals surface area contributed by atoms with Gasteiger partial charge in [0.1, 0.15) is 16.4 Å². The van der Waals surface area contributed by atoms with Crippen LogP contribution in [-0.4, -0.2) is 44.2 Å². The first kappa shape index (κ1) is 31.3. The van der Waals surface area contributed by atoms with Crippen LogP contribution >= 0.6 is 23.4 Å². The smallest absolute Gasteiger partial charge is 0.299 e. The van der Waals surface area contributed by atoms with Crippen molar-refractivity contribution < 1.29 is 9.53 Å². The highest BCUT2D eigenvalue weighted by Crippen LogP contribution is 2.30. The molecular weight excluding hydrogens is 508 g/mol. The molecule has 0 spiro atoms. The van der Waals surface area contributed by atoms with Crippen molar-refractivity contribution in [3.05, 3.63) is 11.1 Å². The number of rotatable bonds is 20. The van der Waals surface area contributed by atoms with Crippen LogP contribution in [0.4, 0.5) is 0 Å². The van der Waals surface area contributed by atoms with E-state index in [0.717, 1.165) is 42.2 Å². The molecule has 0 aliphatic carbocycles. The third-order valence-electron chi connectivity index (χ3n) is 6.27. The molecule has 0 amide bonds. The van der Waals surface area contributed by atoms with Crippen LogP contribution in [0.3, 0.4) is 0 Å². The average Bonchev–Trinajstić information content (AvgIpc) is 3.16. The zero-order chi connectivity index (χ0) is 26.9. The first-order chi connectivity index (χ1) is 18.0. The number of hydrogen-bond acceptors (Lipinski definition) is 8. The maximum Gasteiger partial charge on any atom is 0.299 e. The normalized spacial score (nSPS) is 12.0. The summed E-state index contributed by atoms with van der Waals surface area (Å²) >= 11 is 7.85. The van der Waals surface area contributed by atoms with Crippen molar-refractivity contribution in [1.82, 2.24) is 24.9 Å². The number of aryl methyl sites for hydroxylation is 2. The van der Waals surface area contributed by atoms with Gasteiger partial charge in [0.15, 0.2) is 5.65 Å². The lowest BCUT2D eigenvalue weighted by atomic mass is 10.0. The quantitative estimate of drug-likeness (QED) is 0.0266. The number of carbonyl (C=O) groups is 1. The number of ether oxygens (including phenoxy) is 1. The van der Waals surface area contributed by atoms with Crippen LogP contribution in [0.25, 0.3) is 11.2 Å². The van der Waals surface area contributed by atoms with E-state index in [0.29, 0.717) is 29.7 Å². The Bertz CT molecular complexity index is 966. The van der Waals surface area contributed by atoms with Crippen molar-refractivity contribution in [3.8, 4) is 0 Å². The van der Waals surface area contributed by atoms with Gasteiger partial charge in [-0.05, 0) is 31.4 Å². The molecule has 0 fully saturated rings. The van der Waals surface area contributed by atoms with Crippen molar-refractivity contribution in [2.24, 2.45) is 5.10 Å². The fourth-order valence-corrected chi connectivity index (χ4v) is 5.59. The lowest BCUT2D eigenvalue weighted by Gasteiger charge is -2.11. The maximum absolute atomic E-state index is 10.4. The van der Waals surface area contributed by atoms with Crippen LogP contribution in [0.1, 0.15) is 110 Å². The van der Waals surface area contributed by atoms with Gasteiger partial charge in [0, 0.05) is 25.3 Å². The number of thioether (sulfide) groups is 1. The first-order valence-electron chi connectivity index (χ1n) is 13.9. The van der Waals surface area contributed by atoms with Gasteiger partial charge in [-0.15, -0.1) is 16.9 Å². The highest BCUT2D eigenvalue weighted by atomic mass is 35.5. The summed E-state index contributed by atoms with van der Waals surface area (Å²) in [6.07, 6.45) is 17.0. The summed E-state index contributed by atoms with van der Waals surface area (Å²) in [7, 11) is 1.70. The van der Waals surface area contributed by atoms with Gasteiger partial charge >= 0.3 is 0 Å². The Hall–Kier alpha value is -1.87. The summed E-state index contributed by atoms with van der Waals surface area (Å²) < 4.78 is 7.11. The minimum Gasteiger partial charge on any atom is -0.412 e. The summed E-state index contributed by atoms with van der Waals surface area (Å²) in [5.74, 6) is 1.45. The average molecular weight is 553 g/mol. The van der Waals surface area contributed by atoms with E-state index >= 15 is 0 Å². The SMILES string of the molecule is CN/N=C(/CCCCCCCCCCCCCCCn1c(C)nc2nc(Cl)nc(SC(C)C)c21)OC=O. The van der Waals surface area contributed by atoms with Crippen LogP contribution in [-0.2, 0) is 16.1 Å². The molecule has 0 aromatic carbocycles. The van der Waals surface area contributed by atoms with E-state index in [-0.39, 0.29) is 5.28 Å². The fourth-order valence-electron chi connectivity index (χ4n) is 4.48. The number of imidazole rings is 1. The van der Waals surface area contributed by atoms with Gasteiger partial charge in [-0.25, -0.2) is 9.97 Å². The Morgan fingerprint density at radius 1 is 0.973 bits per heavy atom. The minimum absolute atomic E-state index is 0.271. The van der Waals surface area contributed by atoms with Gasteiger partial charge in [0.25, 0.3) is 6.47 Å². The van der Waals surface area contributed by atoms with E-state index in [1.54, 1.807) is 18.8 Å². The van der Waals surface area contributed by atoms with Crippen LogP contribution in [0.15, 0.2) is 10.1 Å². The van der Waals surface area contributed by atoms with E-state index in [1.807, 2.05) is 6.92 Å². The van der Waals surface area contributed by atoms with Gasteiger partial charge in [0.2, 0.25) is 11.2 Å². The summed E-state index contributed by atoms with van der Waals surface area (Å²) in [5, 5.41) is 5.58. The molecule has 0 saturated heterocycles. The number of halogens is 1. The standard InChI is InChI=1S/C27H45ClN6O2S/c1-21(2)37-26-24-25(31-27(28)32-26)30-22(3)34(24)19-17-15-13-11-9-7-5-6-8-10-12-14-16-18-23(33-29-4)36-20-35/h20-21,29H,5-19H2,1-4H3/b33-23-. The second-order valence-electron chi connectivity index (χ2n) is 9.74. The molecule has 0 radical (unpaired) electrons. The number of unbranched alkanes of at least 4 members (excludes halogenated alkanes) is 12. The first-order valence-corrected chi connectivity index (χ1v) is 15.1. The zero-order valence-electron chi connectivity index (χ0n) is 23.1. The van der Waals surface area contributed by atoms with Gasteiger partial charge < -0.3 is 14.7 Å². The Morgan fingerprint density at radius 3 is 2.08 bits per heavy atom. The van der Waals surface area contributed by atoms with Gasteiger partial charge in [0.05, 0.1) is 0 Å². The zero-order valence-corrected chi connectivity index (χ0v) is 24.7. The summed E-state index contributed by atoms with van der Waals surface area (Å²) in [6, 6.07) is 0. The van der Waals surface area contributed by atoms with E-state index in [1.165, 1.54) is 64.2 Å². The molecule has 0 bridgehead atoms. The summed E-state index contributed by atoms with van der Waals surface area (Å²) in [5.41, 5.74) is 4.40. The Labute approximate surface area is 231 Å². The second kappa shape index (κ2) is 18.4. The molecule has 10 heteroatoms. The summed E-state index contributed by atoms with van der Waals surface area (Å²) in [4.78, 5) is 23.9. The van der Waals surface area contributed by atoms with Crippen LogP contribution in [0.2, 0.25) is 5.28 Å². The van der Waals surface area contributed by atoms with Crippen molar-refractivity contribution in [2.45, 2.75) is 127 Å². The van der Waals surface area contributed by atoms with E-state index < -0.39 is 0 Å². The Kier molecular flexibility index (Phi) is 15.6. The van der Waals surface area contributed by atoms with Crippen LogP contribution in [0, 0.1) is 6.92 Å². The van der Waals surface area contributed by atoms with Crippen molar-refractivity contribution >= 4 is 46.9 Å². The van der Waals surface area contributed by atoms with Crippen molar-refractivity contribution in [1.29, 1.82) is 0 Å². The number of carbonyl (C=O) groups excluding carboxylic acids is 1. The van der Waals surface area contributed by atoms with Gasteiger partial charge in [-0.2, -0.15) is 4.98 Å². The molecule has 1 N–H and O–H groups in total. The molecule has 2 aromatic rings. The van der Waals surface area contributed by atoms with Crippen molar-refractivity contribution in [3.63, 3.8) is 0 Å². The number of fused-ring (bicyclic) bond motifs is 1. The van der Waals surface area contributed by atoms with Crippen molar-refractivity contribution in [2.75, 3.05) is 7.05 Å². The van der Waals surface area contributed by atoms with E-state index in [2.05, 4.69) is 43.9 Å². The monoisotopic (exact) mass is 552 g/mol.